The van der Waals surface area contributed by atoms with E-state index < -0.39 is 12.0 Å². The molecule has 104 valence electrons. The molecule has 1 saturated heterocycles. The van der Waals surface area contributed by atoms with Gasteiger partial charge in [-0.15, -0.1) is 0 Å². The molecule has 20 heavy (non-hydrogen) atoms. The van der Waals surface area contributed by atoms with Gasteiger partial charge in [0.15, 0.2) is 5.76 Å². The van der Waals surface area contributed by atoms with Crippen molar-refractivity contribution in [1.29, 1.82) is 0 Å². The summed E-state index contributed by atoms with van der Waals surface area (Å²) in [5.41, 5.74) is 0.559. The van der Waals surface area contributed by atoms with Crippen LogP contribution in [0.4, 0.5) is 0 Å². The lowest BCUT2D eigenvalue weighted by Crippen LogP contribution is -2.40. The highest BCUT2D eigenvalue weighted by Crippen LogP contribution is 2.26. The van der Waals surface area contributed by atoms with Gasteiger partial charge >= 0.3 is 5.97 Å². The number of fused-ring (bicyclic) bond motifs is 1. The van der Waals surface area contributed by atoms with Crippen LogP contribution < -0.4 is 0 Å². The van der Waals surface area contributed by atoms with E-state index in [-0.39, 0.29) is 11.7 Å². The van der Waals surface area contributed by atoms with Crippen molar-refractivity contribution in [3.05, 3.63) is 35.0 Å². The lowest BCUT2D eigenvalue weighted by Gasteiger charge is -2.19. The molecule has 1 unspecified atom stereocenters. The van der Waals surface area contributed by atoms with Crippen LogP contribution in [-0.4, -0.2) is 34.5 Å². The Kier molecular flexibility index (Phi) is 3.14. The van der Waals surface area contributed by atoms with Crippen LogP contribution in [0.15, 0.2) is 28.7 Å². The lowest BCUT2D eigenvalue weighted by molar-refractivity contribution is -0.141. The van der Waals surface area contributed by atoms with Gasteiger partial charge in [0.05, 0.1) is 0 Å². The van der Waals surface area contributed by atoms with Crippen molar-refractivity contribution in [3.63, 3.8) is 0 Å². The minimum atomic E-state index is -0.977. The number of carbonyl (C=O) groups excluding carboxylic acids is 1. The number of benzene rings is 1. The van der Waals surface area contributed by atoms with Gasteiger partial charge in [0.1, 0.15) is 11.6 Å². The second-order valence-corrected chi connectivity index (χ2v) is 5.22. The molecule has 1 aromatic carbocycles. The first-order valence-electron chi connectivity index (χ1n) is 6.29. The van der Waals surface area contributed by atoms with E-state index in [9.17, 15) is 9.59 Å². The molecule has 1 aliphatic heterocycles. The fourth-order valence-electron chi connectivity index (χ4n) is 2.53. The average molecular weight is 294 g/mol. The van der Waals surface area contributed by atoms with E-state index in [2.05, 4.69) is 0 Å². The maximum Gasteiger partial charge on any atom is 0.326 e. The second kappa shape index (κ2) is 4.83. The quantitative estimate of drug-likeness (QED) is 0.924. The smallest absolute Gasteiger partial charge is 0.326 e. The van der Waals surface area contributed by atoms with Crippen LogP contribution in [0.1, 0.15) is 23.4 Å². The number of hydrogen-bond acceptors (Lipinski definition) is 3. The van der Waals surface area contributed by atoms with Gasteiger partial charge in [-0.3, -0.25) is 4.79 Å². The number of hydrogen-bond donors (Lipinski definition) is 1. The Bertz CT molecular complexity index is 694. The maximum atomic E-state index is 12.4. The number of carboxylic acid groups (broad SMARTS) is 1. The van der Waals surface area contributed by atoms with Crippen molar-refractivity contribution in [2.75, 3.05) is 6.54 Å². The number of halogens is 1. The van der Waals surface area contributed by atoms with Gasteiger partial charge in [0, 0.05) is 17.0 Å². The molecule has 0 radical (unpaired) electrons. The highest BCUT2D eigenvalue weighted by Gasteiger charge is 2.35. The van der Waals surface area contributed by atoms with Gasteiger partial charge in [-0.2, -0.15) is 0 Å². The molecule has 1 N–H and O–H groups in total. The van der Waals surface area contributed by atoms with Crippen LogP contribution in [0.3, 0.4) is 0 Å². The Labute approximate surface area is 119 Å². The van der Waals surface area contributed by atoms with Crippen LogP contribution >= 0.6 is 11.6 Å². The molecule has 1 aromatic heterocycles. The zero-order chi connectivity index (χ0) is 14.3. The molecule has 0 spiro atoms. The van der Waals surface area contributed by atoms with E-state index in [4.69, 9.17) is 21.1 Å². The van der Waals surface area contributed by atoms with Crippen molar-refractivity contribution >= 4 is 34.4 Å². The molecule has 0 saturated carbocycles. The standard InChI is InChI=1S/C14H12ClNO4/c15-9-3-4-11-8(6-9)7-12(20-11)13(17)16-5-1-2-10(16)14(18)19/h3-4,6-7,10H,1-2,5H2,(H,18,19). The van der Waals surface area contributed by atoms with Crippen LogP contribution in [0.25, 0.3) is 11.0 Å². The SMILES string of the molecule is O=C(O)C1CCCN1C(=O)c1cc2cc(Cl)ccc2o1. The summed E-state index contributed by atoms with van der Waals surface area (Å²) in [6, 6.07) is 5.90. The topological polar surface area (TPSA) is 70.8 Å². The maximum absolute atomic E-state index is 12.4. The fourth-order valence-corrected chi connectivity index (χ4v) is 2.71. The van der Waals surface area contributed by atoms with Gasteiger partial charge in [0.2, 0.25) is 0 Å². The van der Waals surface area contributed by atoms with Crippen LogP contribution in [0, 0.1) is 0 Å². The number of nitrogens with zero attached hydrogens (tertiary/aromatic N) is 1. The molecule has 1 aliphatic rings. The third-order valence-electron chi connectivity index (χ3n) is 3.49. The fraction of sp³-hybridized carbons (Fsp3) is 0.286. The predicted molar refractivity (Wildman–Crippen MR) is 72.9 cm³/mol. The summed E-state index contributed by atoms with van der Waals surface area (Å²) in [6.07, 6.45) is 1.17. The molecular weight excluding hydrogens is 282 g/mol. The number of carbonyl (C=O) groups is 2. The Hall–Kier alpha value is -2.01. The molecule has 3 rings (SSSR count). The van der Waals surface area contributed by atoms with Gasteiger partial charge in [0.25, 0.3) is 5.91 Å². The first-order chi connectivity index (χ1) is 9.56. The summed E-state index contributed by atoms with van der Waals surface area (Å²) in [5, 5.41) is 10.4. The average Bonchev–Trinajstić information content (AvgIpc) is 3.03. The summed E-state index contributed by atoms with van der Waals surface area (Å²) in [4.78, 5) is 24.8. The highest BCUT2D eigenvalue weighted by atomic mass is 35.5. The van der Waals surface area contributed by atoms with Crippen molar-refractivity contribution in [2.24, 2.45) is 0 Å². The summed E-state index contributed by atoms with van der Waals surface area (Å²) >= 11 is 5.88. The molecule has 0 bridgehead atoms. The van der Waals surface area contributed by atoms with Crippen LogP contribution in [-0.2, 0) is 4.79 Å². The molecule has 2 heterocycles. The minimum Gasteiger partial charge on any atom is -0.480 e. The lowest BCUT2D eigenvalue weighted by atomic mass is 10.2. The third-order valence-corrected chi connectivity index (χ3v) is 3.72. The van der Waals surface area contributed by atoms with E-state index in [0.29, 0.717) is 30.0 Å². The van der Waals surface area contributed by atoms with Gasteiger partial charge in [-0.1, -0.05) is 11.6 Å². The summed E-state index contributed by atoms with van der Waals surface area (Å²) in [6.45, 7) is 0.438. The Morgan fingerprint density at radius 2 is 2.15 bits per heavy atom. The minimum absolute atomic E-state index is 0.149. The van der Waals surface area contributed by atoms with Crippen molar-refractivity contribution < 1.29 is 19.1 Å². The van der Waals surface area contributed by atoms with Gasteiger partial charge in [-0.05, 0) is 37.1 Å². The van der Waals surface area contributed by atoms with E-state index in [1.807, 2.05) is 0 Å². The molecule has 1 amide bonds. The van der Waals surface area contributed by atoms with Gasteiger partial charge in [-0.25, -0.2) is 4.79 Å². The number of furan rings is 1. The van der Waals surface area contributed by atoms with E-state index in [1.54, 1.807) is 24.3 Å². The number of carboxylic acids is 1. The Balaban J connectivity index is 1.94. The first-order valence-corrected chi connectivity index (χ1v) is 6.67. The predicted octanol–water partition coefficient (Wildman–Crippen LogP) is 2.78. The second-order valence-electron chi connectivity index (χ2n) is 4.79. The Morgan fingerprint density at radius 1 is 1.35 bits per heavy atom. The number of likely N-dealkylation sites (tertiary alicyclic amines) is 1. The monoisotopic (exact) mass is 293 g/mol. The zero-order valence-corrected chi connectivity index (χ0v) is 11.3. The first kappa shape index (κ1) is 13.0. The third kappa shape index (κ3) is 2.14. The zero-order valence-electron chi connectivity index (χ0n) is 10.5. The van der Waals surface area contributed by atoms with Crippen molar-refractivity contribution in [3.8, 4) is 0 Å². The van der Waals surface area contributed by atoms with Crippen LogP contribution in [0.2, 0.25) is 5.02 Å². The largest absolute Gasteiger partial charge is 0.480 e. The molecule has 1 atom stereocenters. The van der Waals surface area contributed by atoms with Crippen molar-refractivity contribution in [2.45, 2.75) is 18.9 Å². The van der Waals surface area contributed by atoms with E-state index >= 15 is 0 Å². The molecule has 2 aromatic rings. The molecule has 0 aliphatic carbocycles. The Morgan fingerprint density at radius 3 is 2.90 bits per heavy atom. The molecular formula is C14H12ClNO4. The van der Waals surface area contributed by atoms with Crippen molar-refractivity contribution in [1.82, 2.24) is 4.90 Å². The highest BCUT2D eigenvalue weighted by molar-refractivity contribution is 6.31. The summed E-state index contributed by atoms with van der Waals surface area (Å²) < 4.78 is 5.48. The summed E-state index contributed by atoms with van der Waals surface area (Å²) in [5.74, 6) is -1.22. The number of amides is 1. The van der Waals surface area contributed by atoms with Gasteiger partial charge < -0.3 is 14.4 Å². The number of rotatable bonds is 2. The molecule has 6 heteroatoms. The molecule has 1 fully saturated rings. The number of aliphatic carboxylic acids is 1. The summed E-state index contributed by atoms with van der Waals surface area (Å²) in [7, 11) is 0. The van der Waals surface area contributed by atoms with E-state index in [1.165, 1.54) is 4.90 Å². The van der Waals surface area contributed by atoms with Crippen LogP contribution in [0.5, 0.6) is 0 Å². The van der Waals surface area contributed by atoms with E-state index in [0.717, 1.165) is 5.39 Å². The molecule has 5 nitrogen and oxygen atoms in total. The normalized spacial score (nSPS) is 18.6.